The van der Waals surface area contributed by atoms with Gasteiger partial charge in [0.15, 0.2) is 11.5 Å². The Morgan fingerprint density at radius 1 is 0.962 bits per heavy atom. The molecule has 3 amide bonds. The third-order valence-electron chi connectivity index (χ3n) is 9.91. The van der Waals surface area contributed by atoms with Crippen molar-refractivity contribution in [3.8, 4) is 11.1 Å². The second-order valence-electron chi connectivity index (χ2n) is 15.3. The van der Waals surface area contributed by atoms with Gasteiger partial charge in [-0.05, 0) is 113 Å². The van der Waals surface area contributed by atoms with E-state index in [1.165, 1.54) is 0 Å². The monoisotopic (exact) mass is 706 g/mol. The molecule has 2 saturated carbocycles. The van der Waals surface area contributed by atoms with Gasteiger partial charge >= 0.3 is 11.8 Å². The Balaban J connectivity index is 1.03. The number of amides is 3. The predicted molar refractivity (Wildman–Crippen MR) is 198 cm³/mol. The van der Waals surface area contributed by atoms with Gasteiger partial charge in [-0.1, -0.05) is 24.3 Å². The van der Waals surface area contributed by atoms with Crippen LogP contribution in [0.4, 0.5) is 10.5 Å². The first-order chi connectivity index (χ1) is 24.9. The van der Waals surface area contributed by atoms with Gasteiger partial charge in [-0.15, -0.1) is 0 Å². The van der Waals surface area contributed by atoms with E-state index in [4.69, 9.17) is 14.8 Å². The fourth-order valence-corrected chi connectivity index (χ4v) is 6.92. The van der Waals surface area contributed by atoms with Crippen LogP contribution in [0, 0.1) is 18.8 Å². The largest absolute Gasteiger partial charge is 0.444 e. The minimum Gasteiger partial charge on any atom is -0.444 e. The summed E-state index contributed by atoms with van der Waals surface area (Å²) >= 11 is 0. The fourth-order valence-electron chi connectivity index (χ4n) is 6.92. The fraction of sp³-hybridized carbons (Fsp3) is 0.436. The lowest BCUT2D eigenvalue weighted by Crippen LogP contribution is -2.48. The topological polar surface area (TPSA) is 175 Å². The van der Waals surface area contributed by atoms with Crippen LogP contribution in [0.1, 0.15) is 82.2 Å². The molecule has 2 aliphatic carbocycles. The molecule has 7 rings (SSSR count). The maximum absolute atomic E-state index is 13.8. The van der Waals surface area contributed by atoms with Crippen molar-refractivity contribution in [3.63, 3.8) is 0 Å². The van der Waals surface area contributed by atoms with Gasteiger partial charge in [0.05, 0.1) is 11.0 Å². The number of nitrogens with zero attached hydrogens (tertiary/aromatic N) is 3. The number of aromatic amines is 2. The van der Waals surface area contributed by atoms with Crippen LogP contribution in [0.2, 0.25) is 0 Å². The van der Waals surface area contributed by atoms with E-state index in [0.717, 1.165) is 59.4 Å². The summed E-state index contributed by atoms with van der Waals surface area (Å²) in [5.41, 5.74) is 5.70. The number of rotatable bonds is 10. The molecule has 0 spiro atoms. The summed E-state index contributed by atoms with van der Waals surface area (Å²) in [6, 6.07) is 14.4. The highest BCUT2D eigenvalue weighted by Crippen LogP contribution is 2.38. The molecule has 0 unspecified atom stereocenters. The van der Waals surface area contributed by atoms with E-state index < -0.39 is 17.7 Å². The molecule has 13 nitrogen and oxygen atoms in total. The molecule has 2 fully saturated rings. The number of aryl methyl sites for hydroxylation is 1. The van der Waals surface area contributed by atoms with Crippen LogP contribution < -0.4 is 21.6 Å². The first kappa shape index (κ1) is 35.0. The van der Waals surface area contributed by atoms with E-state index in [2.05, 4.69) is 38.9 Å². The van der Waals surface area contributed by atoms with Crippen LogP contribution in [0.25, 0.3) is 27.8 Å². The molecule has 0 saturated heterocycles. The molecule has 52 heavy (non-hydrogen) atoms. The van der Waals surface area contributed by atoms with E-state index in [9.17, 15) is 19.2 Å². The van der Waals surface area contributed by atoms with Crippen LogP contribution in [-0.2, 0) is 20.7 Å². The summed E-state index contributed by atoms with van der Waals surface area (Å²) < 4.78 is 7.20. The molecule has 2 aliphatic rings. The first-order valence-corrected chi connectivity index (χ1v) is 18.1. The number of hydrogen-bond acceptors (Lipinski definition) is 7. The van der Waals surface area contributed by atoms with Gasteiger partial charge in [-0.3, -0.25) is 9.59 Å². The van der Waals surface area contributed by atoms with Gasteiger partial charge in [-0.2, -0.15) is 5.10 Å². The number of aromatic nitrogens is 5. The van der Waals surface area contributed by atoms with Crippen LogP contribution in [0.5, 0.6) is 0 Å². The van der Waals surface area contributed by atoms with Crippen molar-refractivity contribution < 1.29 is 19.1 Å². The number of alkyl carbamates (subject to hydrolysis) is 1. The Bertz CT molecular complexity index is 2160. The van der Waals surface area contributed by atoms with Crippen molar-refractivity contribution in [1.29, 1.82) is 0 Å². The second kappa shape index (κ2) is 14.3. The van der Waals surface area contributed by atoms with E-state index in [1.807, 2.05) is 55.7 Å². The second-order valence-corrected chi connectivity index (χ2v) is 15.3. The first-order valence-electron chi connectivity index (χ1n) is 18.1. The lowest BCUT2D eigenvalue weighted by atomic mass is 9.81. The Hall–Kier alpha value is -5.46. The average Bonchev–Trinajstić information content (AvgIpc) is 3.76. The van der Waals surface area contributed by atoms with Crippen LogP contribution in [0.15, 0.2) is 59.5 Å². The average molecular weight is 707 g/mol. The SMILES string of the molecule is Cc1cc2nc(C3CC3)nn2cc1-c1ccc(C[C@H](NC(=O)[C@H]2CC[C@H](CNC(=O)OC(C)(C)C)CC2)C(=O)Nc2ccc3[nH]c(=O)[nH]c3c2)cc1. The number of pyridine rings is 1. The summed E-state index contributed by atoms with van der Waals surface area (Å²) in [4.78, 5) is 61.5. The number of imidazole rings is 1. The zero-order valence-electron chi connectivity index (χ0n) is 30.0. The maximum Gasteiger partial charge on any atom is 0.407 e. The zero-order valence-corrected chi connectivity index (χ0v) is 30.0. The van der Waals surface area contributed by atoms with Crippen molar-refractivity contribution >= 4 is 40.3 Å². The van der Waals surface area contributed by atoms with Crippen molar-refractivity contribution in [1.82, 2.24) is 35.2 Å². The highest BCUT2D eigenvalue weighted by molar-refractivity contribution is 5.98. The number of ether oxygens (including phenoxy) is 1. The van der Waals surface area contributed by atoms with Crippen molar-refractivity contribution in [2.24, 2.45) is 11.8 Å². The number of H-pyrrole nitrogens is 2. The molecule has 0 radical (unpaired) electrons. The molecular formula is C39H46N8O5. The lowest BCUT2D eigenvalue weighted by Gasteiger charge is -2.29. The quantitative estimate of drug-likeness (QED) is 0.123. The summed E-state index contributed by atoms with van der Waals surface area (Å²) in [7, 11) is 0. The maximum atomic E-state index is 13.8. The lowest BCUT2D eigenvalue weighted by molar-refractivity contribution is -0.130. The molecule has 272 valence electrons. The smallest absolute Gasteiger partial charge is 0.407 e. The van der Waals surface area contributed by atoms with Crippen molar-refractivity contribution in [2.75, 3.05) is 11.9 Å². The number of fused-ring (bicyclic) bond motifs is 2. The Morgan fingerprint density at radius 2 is 1.69 bits per heavy atom. The minimum absolute atomic E-state index is 0.164. The zero-order chi connectivity index (χ0) is 36.6. The van der Waals surface area contributed by atoms with Gasteiger partial charge in [-0.25, -0.2) is 19.1 Å². The van der Waals surface area contributed by atoms with Gasteiger partial charge in [0, 0.05) is 42.2 Å². The van der Waals surface area contributed by atoms with E-state index in [1.54, 1.807) is 18.2 Å². The highest BCUT2D eigenvalue weighted by Gasteiger charge is 2.31. The van der Waals surface area contributed by atoms with E-state index >= 15 is 0 Å². The third-order valence-corrected chi connectivity index (χ3v) is 9.91. The summed E-state index contributed by atoms with van der Waals surface area (Å²) in [5, 5.41) is 13.6. The summed E-state index contributed by atoms with van der Waals surface area (Å²) in [6.45, 7) is 8.04. The van der Waals surface area contributed by atoms with Crippen LogP contribution >= 0.6 is 0 Å². The van der Waals surface area contributed by atoms with Gasteiger partial charge in [0.2, 0.25) is 11.8 Å². The van der Waals surface area contributed by atoms with E-state index in [-0.39, 0.29) is 35.8 Å². The molecule has 1 atom stereocenters. The molecule has 5 aromatic rings. The predicted octanol–water partition coefficient (Wildman–Crippen LogP) is 5.75. The molecule has 5 N–H and O–H groups in total. The molecule has 3 heterocycles. The van der Waals surface area contributed by atoms with Crippen LogP contribution in [0.3, 0.4) is 0 Å². The van der Waals surface area contributed by atoms with Gasteiger partial charge < -0.3 is 30.7 Å². The number of benzene rings is 2. The number of carbonyl (C=O) groups excluding carboxylic acids is 3. The third kappa shape index (κ3) is 8.35. The molecule has 0 aliphatic heterocycles. The molecular weight excluding hydrogens is 660 g/mol. The minimum atomic E-state index is -0.847. The number of hydrogen-bond donors (Lipinski definition) is 5. The van der Waals surface area contributed by atoms with Crippen LogP contribution in [-0.4, -0.2) is 60.7 Å². The van der Waals surface area contributed by atoms with Crippen molar-refractivity contribution in [3.05, 3.63) is 82.2 Å². The number of anilines is 1. The Morgan fingerprint density at radius 3 is 2.40 bits per heavy atom. The normalized spacial score (nSPS) is 18.2. The summed E-state index contributed by atoms with van der Waals surface area (Å²) in [5.74, 6) is 0.858. The standard InChI is InChI=1S/C39H46N8O5/c1-22-17-33-45-34(26-13-14-26)46-47(33)21-29(22)25-9-5-23(6-10-25)18-32(36(49)41-28-15-16-30-31(19-28)44-37(50)43-30)42-35(48)27-11-7-24(8-12-27)20-40-38(51)52-39(2,3)4/h5-6,9-10,15-17,19,21,24,26-27,32H,7-8,11-14,18,20H2,1-4H3,(H,40,51)(H,41,49)(H,42,48)(H2,43,44,50)/t24-,27-,32-/m0/s1. The van der Waals surface area contributed by atoms with E-state index in [0.29, 0.717) is 42.0 Å². The van der Waals surface area contributed by atoms with Gasteiger partial charge in [0.1, 0.15) is 11.6 Å². The molecule has 3 aromatic heterocycles. The van der Waals surface area contributed by atoms with Crippen molar-refractivity contribution in [2.45, 2.75) is 90.2 Å². The van der Waals surface area contributed by atoms with Gasteiger partial charge in [0.25, 0.3) is 0 Å². The molecule has 13 heteroatoms. The summed E-state index contributed by atoms with van der Waals surface area (Å²) in [6.07, 6.45) is 7.02. The number of carbonyl (C=O) groups is 3. The Labute approximate surface area is 301 Å². The number of nitrogens with one attached hydrogen (secondary N) is 5. The molecule has 0 bridgehead atoms. The highest BCUT2D eigenvalue weighted by atomic mass is 16.6. The molecule has 2 aromatic carbocycles. The Kier molecular flexibility index (Phi) is 9.60.